The third-order valence-electron chi connectivity index (χ3n) is 3.62. The van der Waals surface area contributed by atoms with Crippen molar-refractivity contribution in [3.8, 4) is 17.1 Å². The lowest BCUT2D eigenvalue weighted by Crippen LogP contribution is -2.38. The van der Waals surface area contributed by atoms with E-state index >= 15 is 0 Å². The van der Waals surface area contributed by atoms with Crippen LogP contribution in [0.25, 0.3) is 11.3 Å². The van der Waals surface area contributed by atoms with Gasteiger partial charge in [-0.25, -0.2) is 4.79 Å². The van der Waals surface area contributed by atoms with Crippen LogP contribution in [0, 0.1) is 0 Å². The molecule has 1 aliphatic heterocycles. The van der Waals surface area contributed by atoms with Crippen molar-refractivity contribution in [1.29, 1.82) is 0 Å². The summed E-state index contributed by atoms with van der Waals surface area (Å²) in [5.74, 6) is 0.164. The lowest BCUT2D eigenvalue weighted by Gasteiger charge is -2.25. The molecule has 0 fully saturated rings. The van der Waals surface area contributed by atoms with Gasteiger partial charge in [-0.2, -0.15) is 8.42 Å². The Balaban J connectivity index is 2.16. The van der Waals surface area contributed by atoms with Crippen LogP contribution in [0.15, 0.2) is 54.9 Å². The summed E-state index contributed by atoms with van der Waals surface area (Å²) >= 11 is 0. The van der Waals surface area contributed by atoms with Crippen molar-refractivity contribution in [2.24, 2.45) is 4.40 Å². The van der Waals surface area contributed by atoms with E-state index in [1.165, 1.54) is 6.07 Å². The first-order chi connectivity index (χ1) is 11.5. The summed E-state index contributed by atoms with van der Waals surface area (Å²) in [6, 6.07) is 10.3. The average Bonchev–Trinajstić information content (AvgIpc) is 2.55. The maximum Gasteiger partial charge on any atom is 0.361 e. The van der Waals surface area contributed by atoms with Crippen molar-refractivity contribution < 1.29 is 17.6 Å². The van der Waals surface area contributed by atoms with Crippen LogP contribution >= 0.6 is 0 Å². The van der Waals surface area contributed by atoms with Gasteiger partial charge in [-0.15, -0.1) is 4.40 Å². The Kier molecular flexibility index (Phi) is 4.15. The first-order valence-electron chi connectivity index (χ1n) is 7.47. The van der Waals surface area contributed by atoms with Gasteiger partial charge in [-0.3, -0.25) is 0 Å². The van der Waals surface area contributed by atoms with Crippen LogP contribution in [0.2, 0.25) is 0 Å². The van der Waals surface area contributed by atoms with Gasteiger partial charge in [0.2, 0.25) is 4.90 Å². The predicted octanol–water partition coefficient (Wildman–Crippen LogP) is 2.09. The normalized spacial score (nSPS) is 15.2. The van der Waals surface area contributed by atoms with Crippen LogP contribution in [-0.4, -0.2) is 32.4 Å². The summed E-state index contributed by atoms with van der Waals surface area (Å²) < 4.78 is 39.0. The average molecular weight is 348 g/mol. The number of rotatable bonds is 3. The first-order valence-corrected chi connectivity index (χ1v) is 8.91. The number of fused-ring (bicyclic) bond motifs is 1. The van der Waals surface area contributed by atoms with Gasteiger partial charge < -0.3 is 14.1 Å². The Labute approximate surface area is 139 Å². The van der Waals surface area contributed by atoms with E-state index in [2.05, 4.69) is 4.40 Å². The third kappa shape index (κ3) is 2.80. The molecule has 0 spiro atoms. The summed E-state index contributed by atoms with van der Waals surface area (Å²) in [5.41, 5.74) is -0.348. The molecule has 1 aliphatic rings. The van der Waals surface area contributed by atoms with Crippen LogP contribution in [0.4, 0.5) is 0 Å². The molecule has 1 aromatic heterocycles. The number of ether oxygens (including phenoxy) is 1. The molecule has 0 amide bonds. The summed E-state index contributed by atoms with van der Waals surface area (Å²) in [7, 11) is -4.17. The number of benzene rings is 1. The molecule has 2 aromatic rings. The smallest absolute Gasteiger partial charge is 0.361 e. The lowest BCUT2D eigenvalue weighted by molar-refractivity contribution is 0.351. The van der Waals surface area contributed by atoms with Gasteiger partial charge in [0.05, 0.1) is 0 Å². The second-order valence-corrected chi connectivity index (χ2v) is 6.62. The topological polar surface area (TPSA) is 89.2 Å². The first kappa shape index (κ1) is 16.3. The largest absolute Gasteiger partial charge is 0.423 e. The zero-order chi connectivity index (χ0) is 17.3. The van der Waals surface area contributed by atoms with Crippen molar-refractivity contribution in [1.82, 2.24) is 4.90 Å². The minimum atomic E-state index is -4.17. The Hall–Kier alpha value is -2.61. The molecule has 126 valence electrons. The van der Waals surface area contributed by atoms with E-state index in [4.69, 9.17) is 9.15 Å². The standard InChI is InChI=1S/C16H16N2O5S/c1-3-18(4-2)16-17-24(20,21)14-13(23-16)10-12(22-15(14)19)11-8-6-5-7-9-11/h5-10H,3-4H2,1-2H3. The highest BCUT2D eigenvalue weighted by molar-refractivity contribution is 7.90. The molecular formula is C16H16N2O5S. The quantitative estimate of drug-likeness (QED) is 0.844. The molecule has 0 saturated carbocycles. The van der Waals surface area contributed by atoms with Gasteiger partial charge in [0.1, 0.15) is 5.76 Å². The molecule has 7 nitrogen and oxygen atoms in total. The van der Waals surface area contributed by atoms with Crippen LogP contribution < -0.4 is 10.4 Å². The predicted molar refractivity (Wildman–Crippen MR) is 88.6 cm³/mol. The molecule has 0 saturated heterocycles. The number of nitrogens with zero attached hydrogens (tertiary/aromatic N) is 2. The fraction of sp³-hybridized carbons (Fsp3) is 0.250. The molecule has 2 heterocycles. The van der Waals surface area contributed by atoms with E-state index < -0.39 is 20.5 Å². The fourth-order valence-corrected chi connectivity index (χ4v) is 3.45. The zero-order valence-electron chi connectivity index (χ0n) is 13.2. The number of amidine groups is 1. The monoisotopic (exact) mass is 348 g/mol. The molecule has 0 N–H and O–H groups in total. The molecule has 0 atom stereocenters. The number of sulfonamides is 1. The Morgan fingerprint density at radius 1 is 1.12 bits per heavy atom. The van der Waals surface area contributed by atoms with Crippen LogP contribution in [0.3, 0.4) is 0 Å². The SMILES string of the molecule is CCN(CC)C1=NS(=O)(=O)c2c(cc(-c3ccccc3)oc2=O)O1. The van der Waals surface area contributed by atoms with E-state index in [9.17, 15) is 13.2 Å². The number of hydrogen-bond donors (Lipinski definition) is 0. The van der Waals surface area contributed by atoms with Crippen LogP contribution in [-0.2, 0) is 10.0 Å². The van der Waals surface area contributed by atoms with Gasteiger partial charge in [0.25, 0.3) is 10.0 Å². The molecule has 0 radical (unpaired) electrons. The fourth-order valence-electron chi connectivity index (χ4n) is 2.40. The van der Waals surface area contributed by atoms with Gasteiger partial charge in [0.15, 0.2) is 5.75 Å². The Morgan fingerprint density at radius 2 is 1.79 bits per heavy atom. The molecule has 24 heavy (non-hydrogen) atoms. The highest BCUT2D eigenvalue weighted by Gasteiger charge is 2.34. The highest BCUT2D eigenvalue weighted by Crippen LogP contribution is 2.31. The molecule has 8 heteroatoms. The minimum absolute atomic E-state index is 0.0443. The Morgan fingerprint density at radius 3 is 2.42 bits per heavy atom. The second kappa shape index (κ2) is 6.12. The summed E-state index contributed by atoms with van der Waals surface area (Å²) in [4.78, 5) is 13.3. The molecule has 0 bridgehead atoms. The molecule has 3 rings (SSSR count). The van der Waals surface area contributed by atoms with Gasteiger partial charge in [0, 0.05) is 24.7 Å². The second-order valence-electron chi connectivity index (χ2n) is 5.08. The number of hydrogen-bond acceptors (Lipinski definition) is 6. The van der Waals surface area contributed by atoms with Gasteiger partial charge >= 0.3 is 11.6 Å². The van der Waals surface area contributed by atoms with E-state index in [0.717, 1.165) is 0 Å². The van der Waals surface area contributed by atoms with Gasteiger partial charge in [-0.1, -0.05) is 30.3 Å². The summed E-state index contributed by atoms with van der Waals surface area (Å²) in [6.45, 7) is 4.75. The van der Waals surface area contributed by atoms with E-state index in [0.29, 0.717) is 18.7 Å². The molecule has 0 aliphatic carbocycles. The lowest BCUT2D eigenvalue weighted by atomic mass is 10.1. The van der Waals surface area contributed by atoms with Crippen molar-refractivity contribution >= 4 is 16.0 Å². The van der Waals surface area contributed by atoms with Crippen LogP contribution in [0.1, 0.15) is 13.8 Å². The summed E-state index contributed by atoms with van der Waals surface area (Å²) in [6.07, 6.45) is 0. The minimum Gasteiger partial charge on any atom is -0.423 e. The highest BCUT2D eigenvalue weighted by atomic mass is 32.2. The Bertz CT molecular complexity index is 944. The van der Waals surface area contributed by atoms with E-state index in [1.807, 2.05) is 19.9 Å². The molecule has 0 unspecified atom stereocenters. The van der Waals surface area contributed by atoms with E-state index in [-0.39, 0.29) is 17.5 Å². The van der Waals surface area contributed by atoms with Crippen molar-refractivity contribution in [3.05, 3.63) is 46.8 Å². The summed E-state index contributed by atoms with van der Waals surface area (Å²) in [5, 5.41) is 0. The maximum absolute atomic E-state index is 12.3. The maximum atomic E-state index is 12.3. The van der Waals surface area contributed by atoms with Crippen LogP contribution in [0.5, 0.6) is 5.75 Å². The van der Waals surface area contributed by atoms with Gasteiger partial charge in [-0.05, 0) is 13.8 Å². The molecule has 1 aromatic carbocycles. The van der Waals surface area contributed by atoms with Crippen molar-refractivity contribution in [3.63, 3.8) is 0 Å². The van der Waals surface area contributed by atoms with Crippen molar-refractivity contribution in [2.45, 2.75) is 18.7 Å². The zero-order valence-corrected chi connectivity index (χ0v) is 14.0. The third-order valence-corrected chi connectivity index (χ3v) is 4.90. The van der Waals surface area contributed by atoms with Crippen molar-refractivity contribution in [2.75, 3.05) is 13.1 Å². The molecular weight excluding hydrogens is 332 g/mol. The van der Waals surface area contributed by atoms with E-state index in [1.54, 1.807) is 29.2 Å².